The second kappa shape index (κ2) is 13.0. The number of esters is 1. The molecule has 0 spiro atoms. The molecule has 1 amide bonds. The van der Waals surface area contributed by atoms with Crippen molar-refractivity contribution >= 4 is 34.1 Å². The first-order valence-corrected chi connectivity index (χ1v) is 14.6. The molecule has 1 aliphatic heterocycles. The van der Waals surface area contributed by atoms with E-state index in [1.54, 1.807) is 38.1 Å². The summed E-state index contributed by atoms with van der Waals surface area (Å²) in [7, 11) is 0. The van der Waals surface area contributed by atoms with E-state index in [-0.39, 0.29) is 27.9 Å². The SMILES string of the molecule is C=CCOC(=O)c1sc(N2C(=O)C(O)=C(C(=O)c3ccc(C)o3)C2c2ccc(OCc3ccccc3)c(OCC)c2)nc1C. The normalized spacial score (nSPS) is 14.6. The Morgan fingerprint density at radius 2 is 1.86 bits per heavy atom. The number of furan rings is 1. The summed E-state index contributed by atoms with van der Waals surface area (Å²) >= 11 is 0.913. The average molecular weight is 615 g/mol. The lowest BCUT2D eigenvalue weighted by Crippen LogP contribution is -2.31. The van der Waals surface area contributed by atoms with Gasteiger partial charge in [0.2, 0.25) is 5.78 Å². The topological polar surface area (TPSA) is 128 Å². The van der Waals surface area contributed by atoms with Crippen molar-refractivity contribution in [2.24, 2.45) is 0 Å². The number of hydrogen-bond acceptors (Lipinski definition) is 10. The molecule has 4 aromatic rings. The van der Waals surface area contributed by atoms with Gasteiger partial charge in [0.25, 0.3) is 5.91 Å². The molecule has 5 rings (SSSR count). The van der Waals surface area contributed by atoms with E-state index in [1.165, 1.54) is 17.0 Å². The number of hydrogen-bond donors (Lipinski definition) is 1. The summed E-state index contributed by atoms with van der Waals surface area (Å²) < 4.78 is 22.7. The predicted molar refractivity (Wildman–Crippen MR) is 163 cm³/mol. The van der Waals surface area contributed by atoms with E-state index in [0.717, 1.165) is 16.9 Å². The van der Waals surface area contributed by atoms with Crippen molar-refractivity contribution in [1.82, 2.24) is 4.98 Å². The number of aromatic nitrogens is 1. The largest absolute Gasteiger partial charge is 0.503 e. The van der Waals surface area contributed by atoms with Gasteiger partial charge in [-0.05, 0) is 56.2 Å². The molecule has 0 fully saturated rings. The molecule has 1 atom stereocenters. The monoisotopic (exact) mass is 614 g/mol. The van der Waals surface area contributed by atoms with E-state index in [4.69, 9.17) is 18.6 Å². The van der Waals surface area contributed by atoms with Crippen LogP contribution in [0.25, 0.3) is 0 Å². The van der Waals surface area contributed by atoms with E-state index in [9.17, 15) is 19.5 Å². The fourth-order valence-electron chi connectivity index (χ4n) is 4.73. The Morgan fingerprint density at radius 1 is 1.09 bits per heavy atom. The van der Waals surface area contributed by atoms with Crippen molar-refractivity contribution in [3.8, 4) is 11.5 Å². The van der Waals surface area contributed by atoms with Crippen molar-refractivity contribution in [3.05, 3.63) is 118 Å². The molecular formula is C33H30N2O8S. The van der Waals surface area contributed by atoms with Gasteiger partial charge in [0.15, 0.2) is 28.1 Å². The molecule has 3 heterocycles. The molecule has 0 saturated carbocycles. The molecule has 0 saturated heterocycles. The first kappa shape index (κ1) is 30.3. The smallest absolute Gasteiger partial charge is 0.350 e. The Morgan fingerprint density at radius 3 is 2.55 bits per heavy atom. The summed E-state index contributed by atoms with van der Waals surface area (Å²) in [5, 5.41) is 11.2. The second-order valence-corrected chi connectivity index (χ2v) is 10.8. The number of nitrogens with zero attached hydrogens (tertiary/aromatic N) is 2. The lowest BCUT2D eigenvalue weighted by molar-refractivity contribution is -0.117. The number of amides is 1. The van der Waals surface area contributed by atoms with Gasteiger partial charge in [-0.3, -0.25) is 14.5 Å². The minimum Gasteiger partial charge on any atom is -0.503 e. The number of carbonyl (C=O) groups excluding carboxylic acids is 3. The van der Waals surface area contributed by atoms with Crippen molar-refractivity contribution in [3.63, 3.8) is 0 Å². The number of aliphatic hydroxyl groups is 1. The highest BCUT2D eigenvalue weighted by Gasteiger charge is 2.47. The van der Waals surface area contributed by atoms with Gasteiger partial charge in [-0.2, -0.15) is 0 Å². The number of aliphatic hydroxyl groups excluding tert-OH is 1. The Labute approximate surface area is 257 Å². The Bertz CT molecular complexity index is 1750. The number of benzene rings is 2. The van der Waals surface area contributed by atoms with Crippen molar-refractivity contribution < 1.29 is 38.1 Å². The molecular weight excluding hydrogens is 584 g/mol. The molecule has 1 unspecified atom stereocenters. The van der Waals surface area contributed by atoms with Crippen LogP contribution in [0, 0.1) is 13.8 Å². The highest BCUT2D eigenvalue weighted by atomic mass is 32.1. The van der Waals surface area contributed by atoms with Gasteiger partial charge in [-0.15, -0.1) is 0 Å². The quantitative estimate of drug-likeness (QED) is 0.109. The van der Waals surface area contributed by atoms with Crippen LogP contribution < -0.4 is 14.4 Å². The van der Waals surface area contributed by atoms with Gasteiger partial charge in [-0.25, -0.2) is 9.78 Å². The van der Waals surface area contributed by atoms with Crippen molar-refractivity contribution in [2.75, 3.05) is 18.1 Å². The molecule has 0 bridgehead atoms. The summed E-state index contributed by atoms with van der Waals surface area (Å²) in [6, 6.07) is 16.6. The number of Topliss-reactive ketones (excluding diaryl/α,β-unsaturated/α-hetero) is 1. The first-order valence-electron chi connectivity index (χ1n) is 13.8. The molecule has 0 radical (unpaired) electrons. The highest BCUT2D eigenvalue weighted by molar-refractivity contribution is 7.17. The summed E-state index contributed by atoms with van der Waals surface area (Å²) in [6.45, 7) is 9.27. The van der Waals surface area contributed by atoms with E-state index >= 15 is 0 Å². The third-order valence-corrected chi connectivity index (χ3v) is 7.88. The summed E-state index contributed by atoms with van der Waals surface area (Å²) in [4.78, 5) is 45.9. The summed E-state index contributed by atoms with van der Waals surface area (Å²) in [6.07, 6.45) is 1.44. The fraction of sp³-hybridized carbons (Fsp3) is 0.212. The van der Waals surface area contributed by atoms with Gasteiger partial charge < -0.3 is 23.7 Å². The zero-order valence-corrected chi connectivity index (χ0v) is 25.2. The minimum absolute atomic E-state index is 0.000762. The fourth-order valence-corrected chi connectivity index (χ4v) is 5.72. The van der Waals surface area contributed by atoms with E-state index in [0.29, 0.717) is 41.7 Å². The molecule has 1 N–H and O–H groups in total. The van der Waals surface area contributed by atoms with Crippen molar-refractivity contribution in [2.45, 2.75) is 33.4 Å². The average Bonchev–Trinajstić information content (AvgIpc) is 3.70. The summed E-state index contributed by atoms with van der Waals surface area (Å²) in [5.74, 6) is -1.63. The second-order valence-electron chi connectivity index (χ2n) is 9.79. The maximum Gasteiger partial charge on any atom is 0.350 e. The van der Waals surface area contributed by atoms with Crippen molar-refractivity contribution in [1.29, 1.82) is 0 Å². The van der Waals surface area contributed by atoms with Gasteiger partial charge in [0, 0.05) is 0 Å². The van der Waals surface area contributed by atoms with Crippen LogP contribution in [0.1, 0.15) is 55.8 Å². The highest BCUT2D eigenvalue weighted by Crippen LogP contribution is 2.45. The zero-order chi connectivity index (χ0) is 31.4. The number of carbonyl (C=O) groups is 3. The Balaban J connectivity index is 1.59. The number of ketones is 1. The van der Waals surface area contributed by atoms with Gasteiger partial charge in [0.1, 0.15) is 23.9 Å². The maximum absolute atomic E-state index is 13.8. The number of aryl methyl sites for hydroxylation is 2. The maximum atomic E-state index is 13.8. The summed E-state index contributed by atoms with van der Waals surface area (Å²) in [5.41, 5.74) is 1.52. The number of rotatable bonds is 12. The van der Waals surface area contributed by atoms with E-state index in [1.807, 2.05) is 37.3 Å². The van der Waals surface area contributed by atoms with Gasteiger partial charge in [0.05, 0.1) is 23.9 Å². The van der Waals surface area contributed by atoms with Crippen LogP contribution in [0.15, 0.2) is 89.1 Å². The third-order valence-electron chi connectivity index (χ3n) is 6.75. The van der Waals surface area contributed by atoms with Crippen LogP contribution in [0.4, 0.5) is 5.13 Å². The van der Waals surface area contributed by atoms with Gasteiger partial charge >= 0.3 is 5.97 Å². The number of ether oxygens (including phenoxy) is 3. The van der Waals surface area contributed by atoms with Crippen LogP contribution in [-0.4, -0.2) is 41.0 Å². The molecule has 44 heavy (non-hydrogen) atoms. The number of thiazole rings is 1. The Hall–Kier alpha value is -5.16. The van der Waals surface area contributed by atoms with Crippen LogP contribution >= 0.6 is 11.3 Å². The lowest BCUT2D eigenvalue weighted by Gasteiger charge is -2.25. The lowest BCUT2D eigenvalue weighted by atomic mass is 9.95. The zero-order valence-electron chi connectivity index (χ0n) is 24.4. The molecule has 10 nitrogen and oxygen atoms in total. The molecule has 2 aromatic heterocycles. The Kier molecular flexibility index (Phi) is 8.96. The third kappa shape index (κ3) is 6.00. The molecule has 11 heteroatoms. The molecule has 2 aromatic carbocycles. The standard InChI is InChI=1S/C33H30N2O8S/c1-5-16-41-32(39)30-20(4)34-33(44-30)35-27(26(29(37)31(35)38)28(36)24-14-12-19(3)43-24)22-13-15-23(25(17-22)40-6-2)42-18-21-10-8-7-9-11-21/h5,7-15,17,27,37H,1,6,16,18H2,2-4H3. The molecule has 0 aliphatic carbocycles. The van der Waals surface area contributed by atoms with Crippen LogP contribution in [0.2, 0.25) is 0 Å². The van der Waals surface area contributed by atoms with Gasteiger partial charge in [-0.1, -0.05) is 60.4 Å². The van der Waals surface area contributed by atoms with E-state index in [2.05, 4.69) is 11.6 Å². The molecule has 226 valence electrons. The number of anilines is 1. The minimum atomic E-state index is -1.13. The predicted octanol–water partition coefficient (Wildman–Crippen LogP) is 6.46. The first-order chi connectivity index (χ1) is 21.2. The van der Waals surface area contributed by atoms with Crippen LogP contribution in [0.3, 0.4) is 0 Å². The van der Waals surface area contributed by atoms with Crippen LogP contribution in [-0.2, 0) is 16.1 Å². The van der Waals surface area contributed by atoms with Crippen LogP contribution in [0.5, 0.6) is 11.5 Å². The van der Waals surface area contributed by atoms with E-state index < -0.39 is 29.5 Å². The molecule has 1 aliphatic rings.